The Hall–Kier alpha value is -2.29. The highest BCUT2D eigenvalue weighted by Gasteiger charge is 2.09. The number of rotatable bonds is 3. The Labute approximate surface area is 119 Å². The highest BCUT2D eigenvalue weighted by molar-refractivity contribution is 5.93. The van der Waals surface area contributed by atoms with Gasteiger partial charge in [0.25, 0.3) is 0 Å². The second-order valence-electron chi connectivity index (χ2n) is 5.17. The van der Waals surface area contributed by atoms with E-state index in [2.05, 4.69) is 17.4 Å². The molecule has 0 saturated heterocycles. The molecule has 0 aromatic heterocycles. The lowest BCUT2D eigenvalue weighted by Gasteiger charge is -2.13. The van der Waals surface area contributed by atoms with E-state index in [1.54, 1.807) is 18.2 Å². The second kappa shape index (κ2) is 5.78. The largest absolute Gasteiger partial charge is 0.508 e. The summed E-state index contributed by atoms with van der Waals surface area (Å²) in [5.41, 5.74) is 4.98. The normalized spacial score (nSPS) is 10.3. The van der Waals surface area contributed by atoms with Gasteiger partial charge in [0.1, 0.15) is 5.75 Å². The molecule has 0 aliphatic rings. The predicted octanol–water partition coefficient (Wildman–Crippen LogP) is 3.50. The van der Waals surface area contributed by atoms with E-state index in [1.165, 1.54) is 5.56 Å². The first-order valence-corrected chi connectivity index (χ1v) is 6.61. The zero-order valence-electron chi connectivity index (χ0n) is 12.0. The van der Waals surface area contributed by atoms with Gasteiger partial charge in [0.05, 0.1) is 6.42 Å². The molecule has 0 heterocycles. The Bertz CT molecular complexity index is 624. The van der Waals surface area contributed by atoms with Gasteiger partial charge in [-0.1, -0.05) is 29.8 Å². The average Bonchev–Trinajstić information content (AvgIpc) is 2.33. The maximum Gasteiger partial charge on any atom is 0.228 e. The molecule has 2 aromatic carbocycles. The molecule has 3 nitrogen and oxygen atoms in total. The van der Waals surface area contributed by atoms with E-state index in [1.807, 2.05) is 26.8 Å². The van der Waals surface area contributed by atoms with E-state index in [4.69, 9.17) is 0 Å². The van der Waals surface area contributed by atoms with Crippen LogP contribution in [0, 0.1) is 20.8 Å². The number of amides is 1. The fourth-order valence-electron chi connectivity index (χ4n) is 2.41. The van der Waals surface area contributed by atoms with Crippen LogP contribution in [0.4, 0.5) is 5.69 Å². The van der Waals surface area contributed by atoms with Crippen molar-refractivity contribution in [3.63, 3.8) is 0 Å². The number of aryl methyl sites for hydroxylation is 3. The van der Waals surface area contributed by atoms with Crippen molar-refractivity contribution in [3.8, 4) is 5.75 Å². The van der Waals surface area contributed by atoms with Crippen LogP contribution in [-0.4, -0.2) is 11.0 Å². The molecule has 104 valence electrons. The second-order valence-corrected chi connectivity index (χ2v) is 5.17. The van der Waals surface area contributed by atoms with Crippen LogP contribution < -0.4 is 5.32 Å². The maximum absolute atomic E-state index is 12.1. The van der Waals surface area contributed by atoms with E-state index >= 15 is 0 Å². The molecule has 2 rings (SSSR count). The molecule has 0 aliphatic carbocycles. The fourth-order valence-corrected chi connectivity index (χ4v) is 2.41. The first-order chi connectivity index (χ1) is 9.45. The summed E-state index contributed by atoms with van der Waals surface area (Å²) in [5.74, 6) is 0.101. The minimum atomic E-state index is -0.0781. The van der Waals surface area contributed by atoms with Crippen LogP contribution in [0.15, 0.2) is 36.4 Å². The summed E-state index contributed by atoms with van der Waals surface area (Å²) in [7, 11) is 0. The van der Waals surface area contributed by atoms with Crippen molar-refractivity contribution >= 4 is 11.6 Å². The van der Waals surface area contributed by atoms with Crippen molar-refractivity contribution in [1.82, 2.24) is 0 Å². The Morgan fingerprint density at radius 2 is 1.75 bits per heavy atom. The summed E-state index contributed by atoms with van der Waals surface area (Å²) >= 11 is 0. The standard InChI is InChI=1S/C17H19NO2/c1-11-7-12(2)17(13(3)8-11)18-16(20)10-14-5-4-6-15(19)9-14/h4-9,19H,10H2,1-3H3,(H,18,20). The Balaban J connectivity index is 2.13. The lowest BCUT2D eigenvalue weighted by Crippen LogP contribution is -2.16. The first kappa shape index (κ1) is 14.1. The molecule has 0 atom stereocenters. The smallest absolute Gasteiger partial charge is 0.228 e. The van der Waals surface area contributed by atoms with Gasteiger partial charge in [-0.25, -0.2) is 0 Å². The van der Waals surface area contributed by atoms with Gasteiger partial charge in [-0.15, -0.1) is 0 Å². The van der Waals surface area contributed by atoms with Crippen molar-refractivity contribution in [1.29, 1.82) is 0 Å². The lowest BCUT2D eigenvalue weighted by molar-refractivity contribution is -0.115. The summed E-state index contributed by atoms with van der Waals surface area (Å²) < 4.78 is 0. The van der Waals surface area contributed by atoms with Gasteiger partial charge in [-0.2, -0.15) is 0 Å². The number of nitrogens with one attached hydrogen (secondary N) is 1. The number of hydrogen-bond donors (Lipinski definition) is 2. The van der Waals surface area contributed by atoms with E-state index in [0.29, 0.717) is 0 Å². The van der Waals surface area contributed by atoms with Gasteiger partial charge >= 0.3 is 0 Å². The van der Waals surface area contributed by atoms with E-state index in [-0.39, 0.29) is 18.1 Å². The van der Waals surface area contributed by atoms with Crippen molar-refractivity contribution < 1.29 is 9.90 Å². The molecule has 0 saturated carbocycles. The van der Waals surface area contributed by atoms with Crippen molar-refractivity contribution in [3.05, 3.63) is 58.7 Å². The van der Waals surface area contributed by atoms with Crippen LogP contribution >= 0.6 is 0 Å². The number of phenolic OH excluding ortho intramolecular Hbond substituents is 1. The molecule has 0 spiro atoms. The predicted molar refractivity (Wildman–Crippen MR) is 81.1 cm³/mol. The Morgan fingerprint density at radius 1 is 1.10 bits per heavy atom. The molecule has 20 heavy (non-hydrogen) atoms. The van der Waals surface area contributed by atoms with Crippen LogP contribution in [0.2, 0.25) is 0 Å². The van der Waals surface area contributed by atoms with Crippen LogP contribution in [-0.2, 0) is 11.2 Å². The van der Waals surface area contributed by atoms with Gasteiger partial charge < -0.3 is 10.4 Å². The van der Waals surface area contributed by atoms with Crippen LogP contribution in [0.5, 0.6) is 5.75 Å². The minimum absolute atomic E-state index is 0.0781. The summed E-state index contributed by atoms with van der Waals surface area (Å²) in [6.07, 6.45) is 0.251. The SMILES string of the molecule is Cc1cc(C)c(NC(=O)Cc2cccc(O)c2)c(C)c1. The zero-order valence-corrected chi connectivity index (χ0v) is 12.0. The quantitative estimate of drug-likeness (QED) is 0.896. The van der Waals surface area contributed by atoms with Gasteiger partial charge in [0.2, 0.25) is 5.91 Å². The topological polar surface area (TPSA) is 49.3 Å². The van der Waals surface area contributed by atoms with Crippen molar-refractivity contribution in [2.45, 2.75) is 27.2 Å². The molecule has 1 amide bonds. The summed E-state index contributed by atoms with van der Waals surface area (Å²) in [4.78, 5) is 12.1. The molecule has 0 radical (unpaired) electrons. The molecule has 3 heteroatoms. The highest BCUT2D eigenvalue weighted by Crippen LogP contribution is 2.22. The molecular weight excluding hydrogens is 250 g/mol. The first-order valence-electron chi connectivity index (χ1n) is 6.61. The monoisotopic (exact) mass is 269 g/mol. The Morgan fingerprint density at radius 3 is 2.35 bits per heavy atom. The lowest BCUT2D eigenvalue weighted by atomic mass is 10.0. The number of anilines is 1. The van der Waals surface area contributed by atoms with Gasteiger partial charge in [-0.3, -0.25) is 4.79 Å². The van der Waals surface area contributed by atoms with Gasteiger partial charge in [-0.05, 0) is 49.6 Å². The highest BCUT2D eigenvalue weighted by atomic mass is 16.3. The molecular formula is C17H19NO2. The molecule has 0 fully saturated rings. The minimum Gasteiger partial charge on any atom is -0.508 e. The number of carbonyl (C=O) groups is 1. The summed E-state index contributed by atoms with van der Waals surface area (Å²) in [6, 6.07) is 10.9. The van der Waals surface area contributed by atoms with E-state index in [0.717, 1.165) is 22.4 Å². The van der Waals surface area contributed by atoms with Crippen LogP contribution in [0.1, 0.15) is 22.3 Å². The fraction of sp³-hybridized carbons (Fsp3) is 0.235. The van der Waals surface area contributed by atoms with Crippen molar-refractivity contribution in [2.75, 3.05) is 5.32 Å². The van der Waals surface area contributed by atoms with Crippen LogP contribution in [0.25, 0.3) is 0 Å². The summed E-state index contributed by atoms with van der Waals surface area (Å²) in [6.45, 7) is 6.02. The average molecular weight is 269 g/mol. The third-order valence-electron chi connectivity index (χ3n) is 3.22. The number of aromatic hydroxyl groups is 1. The van der Waals surface area contributed by atoms with Crippen LogP contribution in [0.3, 0.4) is 0 Å². The number of benzene rings is 2. The third-order valence-corrected chi connectivity index (χ3v) is 3.22. The van der Waals surface area contributed by atoms with E-state index < -0.39 is 0 Å². The molecule has 2 N–H and O–H groups in total. The molecule has 2 aromatic rings. The maximum atomic E-state index is 12.1. The number of phenols is 1. The number of carbonyl (C=O) groups excluding carboxylic acids is 1. The Kier molecular flexibility index (Phi) is 4.08. The molecule has 0 aliphatic heterocycles. The zero-order chi connectivity index (χ0) is 14.7. The van der Waals surface area contributed by atoms with Gasteiger partial charge in [0.15, 0.2) is 0 Å². The molecule has 0 bridgehead atoms. The van der Waals surface area contributed by atoms with Crippen molar-refractivity contribution in [2.24, 2.45) is 0 Å². The van der Waals surface area contributed by atoms with E-state index in [9.17, 15) is 9.90 Å². The third kappa shape index (κ3) is 3.38. The summed E-state index contributed by atoms with van der Waals surface area (Å²) in [5, 5.41) is 12.4. The number of hydrogen-bond acceptors (Lipinski definition) is 2. The molecule has 0 unspecified atom stereocenters. The van der Waals surface area contributed by atoms with Gasteiger partial charge in [0, 0.05) is 5.69 Å².